The summed E-state index contributed by atoms with van der Waals surface area (Å²) < 4.78 is 28.3. The number of hydrogen-bond acceptors (Lipinski definition) is 4. The zero-order valence-electron chi connectivity index (χ0n) is 16.3. The van der Waals surface area contributed by atoms with Crippen molar-refractivity contribution in [3.05, 3.63) is 102 Å². The van der Waals surface area contributed by atoms with E-state index in [2.05, 4.69) is 15.5 Å². The maximum Gasteiger partial charge on any atom is 0.234 e. The molecule has 0 atom stereocenters. The van der Waals surface area contributed by atoms with Crippen molar-refractivity contribution in [2.24, 2.45) is 0 Å². The van der Waals surface area contributed by atoms with Crippen molar-refractivity contribution in [1.29, 1.82) is 0 Å². The predicted molar refractivity (Wildman–Crippen MR) is 116 cm³/mol. The van der Waals surface area contributed by atoms with E-state index >= 15 is 0 Å². The molecule has 0 fully saturated rings. The van der Waals surface area contributed by atoms with Gasteiger partial charge in [0.25, 0.3) is 0 Å². The first-order valence-corrected chi connectivity index (χ1v) is 10.5. The number of para-hydroxylation sites is 1. The molecule has 8 heteroatoms. The second-order valence-corrected chi connectivity index (χ2v) is 7.64. The molecule has 0 aliphatic heterocycles. The third kappa shape index (κ3) is 5.16. The molecule has 0 spiro atoms. The molecule has 0 unspecified atom stereocenters. The van der Waals surface area contributed by atoms with Gasteiger partial charge in [0.2, 0.25) is 5.91 Å². The lowest BCUT2D eigenvalue weighted by Crippen LogP contribution is -2.15. The van der Waals surface area contributed by atoms with Gasteiger partial charge in [-0.3, -0.25) is 9.36 Å². The van der Waals surface area contributed by atoms with E-state index in [1.165, 1.54) is 17.8 Å². The zero-order valence-corrected chi connectivity index (χ0v) is 17.2. The second-order valence-electron chi connectivity index (χ2n) is 6.70. The Morgan fingerprint density at radius 1 is 0.903 bits per heavy atom. The molecule has 3 aromatic carbocycles. The normalized spacial score (nSPS) is 10.8. The van der Waals surface area contributed by atoms with Crippen LogP contribution in [0.15, 0.2) is 84.0 Å². The number of benzene rings is 3. The number of carbonyl (C=O) groups is 1. The smallest absolute Gasteiger partial charge is 0.234 e. The summed E-state index contributed by atoms with van der Waals surface area (Å²) in [7, 11) is 0. The van der Waals surface area contributed by atoms with Crippen molar-refractivity contribution in [2.75, 3.05) is 11.1 Å². The lowest BCUT2D eigenvalue weighted by Gasteiger charge is -2.10. The molecular weight excluding hydrogens is 418 g/mol. The Hall–Kier alpha value is -3.52. The minimum Gasteiger partial charge on any atom is -0.325 e. The fourth-order valence-corrected chi connectivity index (χ4v) is 3.79. The largest absolute Gasteiger partial charge is 0.325 e. The Morgan fingerprint density at radius 2 is 1.61 bits per heavy atom. The number of halogens is 2. The van der Waals surface area contributed by atoms with Crippen molar-refractivity contribution in [1.82, 2.24) is 14.8 Å². The molecule has 0 aliphatic carbocycles. The van der Waals surface area contributed by atoms with Gasteiger partial charge in [-0.25, -0.2) is 8.78 Å². The van der Waals surface area contributed by atoms with Gasteiger partial charge in [0.15, 0.2) is 16.8 Å². The average molecular weight is 436 g/mol. The molecule has 0 radical (unpaired) electrons. The number of carbonyl (C=O) groups excluding carboxylic acids is 1. The van der Waals surface area contributed by atoms with Crippen LogP contribution in [0, 0.1) is 11.6 Å². The highest BCUT2D eigenvalue weighted by Crippen LogP contribution is 2.24. The van der Waals surface area contributed by atoms with Crippen LogP contribution in [-0.2, 0) is 11.2 Å². The lowest BCUT2D eigenvalue weighted by molar-refractivity contribution is -0.113. The molecule has 0 saturated heterocycles. The SMILES string of the molecule is O=C(CSc1nnc(Cc2ccccc2)n1-c1ccccc1)Nc1ccc(F)c(F)c1. The van der Waals surface area contributed by atoms with E-state index in [0.29, 0.717) is 11.6 Å². The summed E-state index contributed by atoms with van der Waals surface area (Å²) in [5, 5.41) is 11.7. The summed E-state index contributed by atoms with van der Waals surface area (Å²) in [4.78, 5) is 12.3. The molecule has 5 nitrogen and oxygen atoms in total. The second kappa shape index (κ2) is 9.53. The summed E-state index contributed by atoms with van der Waals surface area (Å²) in [6.45, 7) is 0. The van der Waals surface area contributed by atoms with Gasteiger partial charge in [-0.15, -0.1) is 10.2 Å². The van der Waals surface area contributed by atoms with E-state index in [-0.39, 0.29) is 17.3 Å². The van der Waals surface area contributed by atoms with Gasteiger partial charge in [-0.05, 0) is 29.8 Å². The van der Waals surface area contributed by atoms with Crippen molar-refractivity contribution >= 4 is 23.4 Å². The minimum absolute atomic E-state index is 0.0370. The summed E-state index contributed by atoms with van der Waals surface area (Å²) >= 11 is 1.22. The Bertz CT molecular complexity index is 1180. The fourth-order valence-electron chi connectivity index (χ4n) is 3.02. The molecule has 0 bridgehead atoms. The van der Waals surface area contributed by atoms with Crippen LogP contribution < -0.4 is 5.32 Å². The van der Waals surface area contributed by atoms with Gasteiger partial charge in [-0.1, -0.05) is 60.3 Å². The van der Waals surface area contributed by atoms with Crippen LogP contribution in [0.25, 0.3) is 5.69 Å². The van der Waals surface area contributed by atoms with Crippen molar-refractivity contribution in [3.8, 4) is 5.69 Å². The first-order valence-electron chi connectivity index (χ1n) is 9.51. The topological polar surface area (TPSA) is 59.8 Å². The maximum absolute atomic E-state index is 13.3. The van der Waals surface area contributed by atoms with Crippen LogP contribution in [-0.4, -0.2) is 26.4 Å². The molecule has 1 N–H and O–H groups in total. The van der Waals surface area contributed by atoms with Crippen LogP contribution >= 0.6 is 11.8 Å². The van der Waals surface area contributed by atoms with Crippen LogP contribution in [0.1, 0.15) is 11.4 Å². The van der Waals surface area contributed by atoms with Gasteiger partial charge in [0.1, 0.15) is 5.82 Å². The third-order valence-corrected chi connectivity index (χ3v) is 5.38. The van der Waals surface area contributed by atoms with Crippen LogP contribution in [0.5, 0.6) is 0 Å². The highest BCUT2D eigenvalue weighted by Gasteiger charge is 2.16. The molecule has 4 aromatic rings. The number of nitrogens with zero attached hydrogens (tertiary/aromatic N) is 3. The van der Waals surface area contributed by atoms with Crippen molar-refractivity contribution in [3.63, 3.8) is 0 Å². The van der Waals surface area contributed by atoms with Crippen LogP contribution in [0.2, 0.25) is 0 Å². The van der Waals surface area contributed by atoms with Gasteiger partial charge in [0, 0.05) is 23.9 Å². The molecule has 1 amide bonds. The highest BCUT2D eigenvalue weighted by atomic mass is 32.2. The number of rotatable bonds is 7. The van der Waals surface area contributed by atoms with Gasteiger partial charge in [0.05, 0.1) is 5.75 Å². The summed E-state index contributed by atoms with van der Waals surface area (Å²) in [6.07, 6.45) is 0.588. The Kier molecular flexibility index (Phi) is 6.37. The quantitative estimate of drug-likeness (QED) is 0.420. The first-order chi connectivity index (χ1) is 15.1. The zero-order chi connectivity index (χ0) is 21.6. The number of nitrogens with one attached hydrogen (secondary N) is 1. The molecule has 0 saturated carbocycles. The molecule has 156 valence electrons. The Morgan fingerprint density at radius 3 is 2.32 bits per heavy atom. The number of thioether (sulfide) groups is 1. The molecule has 0 aliphatic rings. The molecule has 1 heterocycles. The number of aromatic nitrogens is 3. The number of anilines is 1. The van der Waals surface area contributed by atoms with E-state index < -0.39 is 11.6 Å². The standard InChI is InChI=1S/C23H18F2N4OS/c24-19-12-11-17(14-20(19)25)26-22(30)15-31-23-28-27-21(13-16-7-3-1-4-8-16)29(23)18-9-5-2-6-10-18/h1-12,14H,13,15H2,(H,26,30). The van der Waals surface area contributed by atoms with E-state index in [1.807, 2.05) is 65.2 Å². The predicted octanol–water partition coefficient (Wildman–Crippen LogP) is 4.87. The van der Waals surface area contributed by atoms with Crippen molar-refractivity contribution in [2.45, 2.75) is 11.6 Å². The molecule has 1 aromatic heterocycles. The van der Waals surface area contributed by atoms with E-state index in [0.717, 1.165) is 29.2 Å². The van der Waals surface area contributed by atoms with Gasteiger partial charge < -0.3 is 5.32 Å². The van der Waals surface area contributed by atoms with Crippen LogP contribution in [0.4, 0.5) is 14.5 Å². The first kappa shape index (κ1) is 20.7. The Labute approximate surface area is 182 Å². The highest BCUT2D eigenvalue weighted by molar-refractivity contribution is 7.99. The maximum atomic E-state index is 13.3. The third-order valence-electron chi connectivity index (χ3n) is 4.46. The molecule has 4 rings (SSSR count). The van der Waals surface area contributed by atoms with E-state index in [1.54, 1.807) is 0 Å². The average Bonchev–Trinajstić information content (AvgIpc) is 3.18. The Balaban J connectivity index is 1.52. The van der Waals surface area contributed by atoms with Crippen molar-refractivity contribution < 1.29 is 13.6 Å². The van der Waals surface area contributed by atoms with E-state index in [4.69, 9.17) is 0 Å². The van der Waals surface area contributed by atoms with Gasteiger partial charge >= 0.3 is 0 Å². The number of hydrogen-bond donors (Lipinski definition) is 1. The number of amides is 1. The fraction of sp³-hybridized carbons (Fsp3) is 0.0870. The minimum atomic E-state index is -1.01. The molecule has 31 heavy (non-hydrogen) atoms. The van der Waals surface area contributed by atoms with Gasteiger partial charge in [-0.2, -0.15) is 0 Å². The summed E-state index contributed by atoms with van der Waals surface area (Å²) in [5.74, 6) is -1.55. The molecular formula is C23H18F2N4OS. The monoisotopic (exact) mass is 436 g/mol. The van der Waals surface area contributed by atoms with Crippen LogP contribution in [0.3, 0.4) is 0 Å². The lowest BCUT2D eigenvalue weighted by atomic mass is 10.1. The van der Waals surface area contributed by atoms with E-state index in [9.17, 15) is 13.6 Å². The summed E-state index contributed by atoms with van der Waals surface area (Å²) in [6, 6.07) is 22.8. The summed E-state index contributed by atoms with van der Waals surface area (Å²) in [5.41, 5.74) is 2.18.